The van der Waals surface area contributed by atoms with Gasteiger partial charge in [0.2, 0.25) is 0 Å². The quantitative estimate of drug-likeness (QED) is 0.450. The van der Waals surface area contributed by atoms with Gasteiger partial charge in [-0.25, -0.2) is 19.3 Å². The van der Waals surface area contributed by atoms with Crippen LogP contribution in [0.15, 0.2) is 36.9 Å². The van der Waals surface area contributed by atoms with E-state index in [-0.39, 0.29) is 38.7 Å². The second-order valence-corrected chi connectivity index (χ2v) is 8.22. The van der Waals surface area contributed by atoms with Crippen molar-refractivity contribution in [1.82, 2.24) is 34.6 Å². The number of alkyl halides is 3. The van der Waals surface area contributed by atoms with Gasteiger partial charge in [0.15, 0.2) is 16.6 Å². The summed E-state index contributed by atoms with van der Waals surface area (Å²) >= 11 is 12.1. The molecule has 0 radical (unpaired) electrons. The number of fused-ring (bicyclic) bond motifs is 3. The summed E-state index contributed by atoms with van der Waals surface area (Å²) < 4.78 is 43.5. The summed E-state index contributed by atoms with van der Waals surface area (Å²) in [6, 6.07) is 1.90. The van der Waals surface area contributed by atoms with Crippen molar-refractivity contribution in [2.75, 3.05) is 16.8 Å². The molecular formula is C18H12Cl2F3N9O. The Morgan fingerprint density at radius 3 is 2.55 bits per heavy atom. The number of amides is 2. The summed E-state index contributed by atoms with van der Waals surface area (Å²) in [4.78, 5) is 23.4. The fourth-order valence-electron chi connectivity index (χ4n) is 3.65. The molecule has 1 atom stereocenters. The molecular weight excluding hydrogens is 486 g/mol. The SMILES string of the molecule is CC1(C(F)(F)F)CN(C(=O)Nc2cnc(-n3nccn3)c(Cl)c2)c2cnc3cc(Cl)nn3c21. The Morgan fingerprint density at radius 2 is 1.88 bits per heavy atom. The fourth-order valence-corrected chi connectivity index (χ4v) is 4.07. The lowest BCUT2D eigenvalue weighted by Crippen LogP contribution is -2.46. The standard InChI is InChI=1S/C18H12Cl2F3N9O/c1-17(18(21,22)23)8-30(11-7-24-13-5-12(20)29-31(13)14(11)17)16(33)28-9-4-10(19)15(25-6-9)32-26-2-3-27-32/h2-7H,8H2,1H3,(H,28,33). The molecule has 1 aliphatic heterocycles. The molecule has 0 aromatic carbocycles. The molecule has 5 rings (SSSR count). The van der Waals surface area contributed by atoms with Gasteiger partial charge < -0.3 is 5.32 Å². The number of carbonyl (C=O) groups is 1. The average Bonchev–Trinajstić information content (AvgIpc) is 3.45. The fraction of sp³-hybridized carbons (Fsp3) is 0.222. The van der Waals surface area contributed by atoms with Gasteiger partial charge in [-0.15, -0.1) is 4.80 Å². The highest BCUT2D eigenvalue weighted by Gasteiger charge is 2.60. The van der Waals surface area contributed by atoms with Crippen molar-refractivity contribution >= 4 is 46.3 Å². The number of hydrogen-bond acceptors (Lipinski definition) is 6. The van der Waals surface area contributed by atoms with Crippen LogP contribution >= 0.6 is 23.2 Å². The third-order valence-corrected chi connectivity index (χ3v) is 5.74. The van der Waals surface area contributed by atoms with Crippen molar-refractivity contribution in [2.24, 2.45) is 0 Å². The molecule has 0 saturated carbocycles. The lowest BCUT2D eigenvalue weighted by atomic mass is 9.88. The number of hydrogen-bond donors (Lipinski definition) is 1. The Labute approximate surface area is 192 Å². The maximum atomic E-state index is 14.2. The number of rotatable bonds is 2. The molecule has 4 aromatic heterocycles. The number of anilines is 2. The summed E-state index contributed by atoms with van der Waals surface area (Å²) in [5.74, 6) is 0.220. The smallest absolute Gasteiger partial charge is 0.306 e. The van der Waals surface area contributed by atoms with Crippen LogP contribution in [0.1, 0.15) is 12.6 Å². The van der Waals surface area contributed by atoms with E-state index in [0.29, 0.717) is 0 Å². The molecule has 170 valence electrons. The average molecular weight is 498 g/mol. The highest BCUT2D eigenvalue weighted by atomic mass is 35.5. The number of nitrogens with one attached hydrogen (secondary N) is 1. The minimum Gasteiger partial charge on any atom is -0.306 e. The van der Waals surface area contributed by atoms with Gasteiger partial charge in [0.05, 0.1) is 46.9 Å². The Bertz CT molecular complexity index is 1390. The van der Waals surface area contributed by atoms with Crippen molar-refractivity contribution < 1.29 is 18.0 Å². The maximum Gasteiger partial charge on any atom is 0.401 e. The van der Waals surface area contributed by atoms with Crippen LogP contribution in [0.2, 0.25) is 10.2 Å². The second-order valence-electron chi connectivity index (χ2n) is 7.42. The van der Waals surface area contributed by atoms with Crippen molar-refractivity contribution in [2.45, 2.75) is 18.5 Å². The summed E-state index contributed by atoms with van der Waals surface area (Å²) in [7, 11) is 0. The molecule has 1 aliphatic rings. The zero-order chi connectivity index (χ0) is 23.5. The van der Waals surface area contributed by atoms with Crippen LogP contribution in [0.5, 0.6) is 0 Å². The van der Waals surface area contributed by atoms with Gasteiger partial charge in [0.25, 0.3) is 0 Å². The third kappa shape index (κ3) is 3.35. The van der Waals surface area contributed by atoms with E-state index in [9.17, 15) is 18.0 Å². The Morgan fingerprint density at radius 1 is 1.15 bits per heavy atom. The van der Waals surface area contributed by atoms with E-state index < -0.39 is 24.2 Å². The van der Waals surface area contributed by atoms with Crippen LogP contribution in [0.25, 0.3) is 11.5 Å². The lowest BCUT2D eigenvalue weighted by molar-refractivity contribution is -0.181. The van der Waals surface area contributed by atoms with Gasteiger partial charge >= 0.3 is 12.2 Å². The first-order valence-corrected chi connectivity index (χ1v) is 10.1. The van der Waals surface area contributed by atoms with Gasteiger partial charge in [-0.05, 0) is 13.0 Å². The molecule has 2 amide bonds. The Balaban J connectivity index is 1.51. The van der Waals surface area contributed by atoms with Gasteiger partial charge in [0.1, 0.15) is 5.41 Å². The van der Waals surface area contributed by atoms with Gasteiger partial charge in [-0.3, -0.25) is 4.90 Å². The van der Waals surface area contributed by atoms with Crippen LogP contribution < -0.4 is 10.2 Å². The topological polar surface area (TPSA) is 106 Å². The molecule has 4 aromatic rings. The van der Waals surface area contributed by atoms with E-state index >= 15 is 0 Å². The number of carbonyl (C=O) groups excluding carboxylic acids is 1. The molecule has 0 fully saturated rings. The predicted molar refractivity (Wildman–Crippen MR) is 112 cm³/mol. The maximum absolute atomic E-state index is 14.2. The summed E-state index contributed by atoms with van der Waals surface area (Å²) in [5, 5.41) is 14.4. The largest absolute Gasteiger partial charge is 0.401 e. The Kier molecular flexibility index (Phi) is 4.72. The van der Waals surface area contributed by atoms with Gasteiger partial charge in [-0.2, -0.15) is 28.5 Å². The molecule has 10 nitrogen and oxygen atoms in total. The van der Waals surface area contributed by atoms with Crippen LogP contribution in [-0.2, 0) is 5.41 Å². The van der Waals surface area contributed by atoms with Crippen LogP contribution in [0.4, 0.5) is 29.3 Å². The highest BCUT2D eigenvalue weighted by molar-refractivity contribution is 6.32. The van der Waals surface area contributed by atoms with Crippen molar-refractivity contribution in [3.05, 3.63) is 52.8 Å². The Hall–Kier alpha value is -3.45. The molecule has 33 heavy (non-hydrogen) atoms. The molecule has 15 heteroatoms. The summed E-state index contributed by atoms with van der Waals surface area (Å²) in [5.41, 5.74) is -2.40. The number of nitrogens with zero attached hydrogens (tertiary/aromatic N) is 8. The van der Waals surface area contributed by atoms with Gasteiger partial charge in [-0.1, -0.05) is 23.2 Å². The highest BCUT2D eigenvalue weighted by Crippen LogP contribution is 2.50. The normalized spacial score (nSPS) is 18.1. The van der Waals surface area contributed by atoms with Crippen molar-refractivity contribution in [3.63, 3.8) is 0 Å². The van der Waals surface area contributed by atoms with Crippen molar-refractivity contribution in [1.29, 1.82) is 0 Å². The molecule has 0 spiro atoms. The molecule has 1 N–H and O–H groups in total. The minimum atomic E-state index is -4.69. The van der Waals surface area contributed by atoms with Gasteiger partial charge in [0, 0.05) is 12.6 Å². The van der Waals surface area contributed by atoms with Crippen LogP contribution in [-0.4, -0.2) is 53.3 Å². The summed E-state index contributed by atoms with van der Waals surface area (Å²) in [6.45, 7) is 0.310. The van der Waals surface area contributed by atoms with E-state index in [1.807, 2.05) is 0 Å². The zero-order valence-corrected chi connectivity index (χ0v) is 18.1. The molecule has 0 saturated heterocycles. The van der Waals surface area contributed by atoms with E-state index in [2.05, 4.69) is 30.6 Å². The summed E-state index contributed by atoms with van der Waals surface area (Å²) in [6.07, 6.45) is 0.669. The van der Waals surface area contributed by atoms with Crippen LogP contribution in [0, 0.1) is 0 Å². The second kappa shape index (κ2) is 7.28. The third-order valence-electron chi connectivity index (χ3n) is 5.27. The van der Waals surface area contributed by atoms with Crippen LogP contribution in [0.3, 0.4) is 0 Å². The predicted octanol–water partition coefficient (Wildman–Crippen LogP) is 3.88. The lowest BCUT2D eigenvalue weighted by Gasteiger charge is -2.28. The number of urea groups is 1. The van der Waals surface area contributed by atoms with Crippen molar-refractivity contribution in [3.8, 4) is 5.82 Å². The number of aromatic nitrogens is 7. The van der Waals surface area contributed by atoms with E-state index in [1.54, 1.807) is 0 Å². The molecule has 5 heterocycles. The van der Waals surface area contributed by atoms with E-state index in [1.165, 1.54) is 41.7 Å². The molecule has 0 aliphatic carbocycles. The minimum absolute atomic E-state index is 0.0178. The van der Waals surface area contributed by atoms with E-state index in [4.69, 9.17) is 23.2 Å². The first-order chi connectivity index (χ1) is 15.6. The molecule has 0 bridgehead atoms. The first-order valence-electron chi connectivity index (χ1n) is 9.31. The van der Waals surface area contributed by atoms with E-state index in [0.717, 1.165) is 16.3 Å². The number of pyridine rings is 1. The number of halogens is 5. The molecule has 1 unspecified atom stereocenters. The first kappa shape index (κ1) is 21.4. The zero-order valence-electron chi connectivity index (χ0n) is 16.5. The monoisotopic (exact) mass is 497 g/mol.